The van der Waals surface area contributed by atoms with Crippen LogP contribution in [0.2, 0.25) is 0 Å². The van der Waals surface area contributed by atoms with Gasteiger partial charge >= 0.3 is 0 Å². The Labute approximate surface area is 68.4 Å². The SMILES string of the molecule is CC(=O)NC1(C(C)C)CCC1. The van der Waals surface area contributed by atoms with Gasteiger partial charge in [-0.25, -0.2) is 0 Å². The van der Waals surface area contributed by atoms with E-state index in [1.165, 1.54) is 6.42 Å². The van der Waals surface area contributed by atoms with Crippen LogP contribution >= 0.6 is 0 Å². The van der Waals surface area contributed by atoms with Crippen molar-refractivity contribution in [3.05, 3.63) is 0 Å². The summed E-state index contributed by atoms with van der Waals surface area (Å²) in [6.45, 7) is 5.95. The molecule has 64 valence electrons. The fraction of sp³-hybridized carbons (Fsp3) is 0.889. The number of hydrogen-bond donors (Lipinski definition) is 1. The van der Waals surface area contributed by atoms with Crippen LogP contribution in [0.5, 0.6) is 0 Å². The largest absolute Gasteiger partial charge is 0.351 e. The van der Waals surface area contributed by atoms with E-state index >= 15 is 0 Å². The monoisotopic (exact) mass is 155 g/mol. The minimum atomic E-state index is 0.110. The van der Waals surface area contributed by atoms with Crippen molar-refractivity contribution in [2.24, 2.45) is 5.92 Å². The molecule has 0 aromatic rings. The van der Waals surface area contributed by atoms with E-state index in [9.17, 15) is 4.79 Å². The van der Waals surface area contributed by atoms with Crippen molar-refractivity contribution in [1.29, 1.82) is 0 Å². The molecular formula is C9H17NO. The first-order valence-corrected chi connectivity index (χ1v) is 4.35. The van der Waals surface area contributed by atoms with Gasteiger partial charge in [0.05, 0.1) is 0 Å². The van der Waals surface area contributed by atoms with Gasteiger partial charge in [0.15, 0.2) is 0 Å². The third kappa shape index (κ3) is 1.55. The Bertz CT molecular complexity index is 159. The van der Waals surface area contributed by atoms with Crippen LogP contribution in [-0.4, -0.2) is 11.4 Å². The van der Waals surface area contributed by atoms with Gasteiger partial charge in [0.1, 0.15) is 0 Å². The van der Waals surface area contributed by atoms with E-state index in [0.717, 1.165) is 12.8 Å². The molecule has 0 aromatic carbocycles. The smallest absolute Gasteiger partial charge is 0.217 e. The maximum absolute atomic E-state index is 10.8. The Balaban J connectivity index is 2.53. The average Bonchev–Trinajstić information content (AvgIpc) is 1.77. The summed E-state index contributed by atoms with van der Waals surface area (Å²) in [5.41, 5.74) is 0.145. The van der Waals surface area contributed by atoms with E-state index < -0.39 is 0 Å². The van der Waals surface area contributed by atoms with Gasteiger partial charge in [-0.2, -0.15) is 0 Å². The van der Waals surface area contributed by atoms with Gasteiger partial charge in [0, 0.05) is 12.5 Å². The van der Waals surface area contributed by atoms with Crippen LogP contribution in [0.15, 0.2) is 0 Å². The molecule has 1 aliphatic carbocycles. The second kappa shape index (κ2) is 2.84. The first kappa shape index (κ1) is 8.57. The maximum Gasteiger partial charge on any atom is 0.217 e. The van der Waals surface area contributed by atoms with E-state index in [0.29, 0.717) is 5.92 Å². The summed E-state index contributed by atoms with van der Waals surface area (Å²) < 4.78 is 0. The van der Waals surface area contributed by atoms with Gasteiger partial charge in [0.25, 0.3) is 0 Å². The highest BCUT2D eigenvalue weighted by Crippen LogP contribution is 2.37. The number of carbonyl (C=O) groups is 1. The minimum absolute atomic E-state index is 0.110. The second-order valence-corrected chi connectivity index (χ2v) is 3.85. The van der Waals surface area contributed by atoms with Gasteiger partial charge < -0.3 is 5.32 Å². The standard InChI is InChI=1S/C9H17NO/c1-7(2)9(5-4-6-9)10-8(3)11/h7H,4-6H2,1-3H3,(H,10,11). The van der Waals surface area contributed by atoms with Crippen molar-refractivity contribution in [3.8, 4) is 0 Å². The molecule has 0 aromatic heterocycles. The molecule has 0 heterocycles. The summed E-state index contributed by atoms with van der Waals surface area (Å²) in [4.78, 5) is 10.8. The summed E-state index contributed by atoms with van der Waals surface area (Å²) in [5.74, 6) is 0.679. The lowest BCUT2D eigenvalue weighted by Gasteiger charge is -2.45. The Hall–Kier alpha value is -0.530. The third-order valence-corrected chi connectivity index (χ3v) is 2.78. The van der Waals surface area contributed by atoms with E-state index in [2.05, 4.69) is 19.2 Å². The van der Waals surface area contributed by atoms with Crippen LogP contribution in [0.4, 0.5) is 0 Å². The van der Waals surface area contributed by atoms with Gasteiger partial charge in [0.2, 0.25) is 5.91 Å². The Kier molecular flexibility index (Phi) is 2.21. The van der Waals surface area contributed by atoms with Crippen molar-refractivity contribution in [1.82, 2.24) is 5.32 Å². The van der Waals surface area contributed by atoms with E-state index in [1.807, 2.05) is 0 Å². The second-order valence-electron chi connectivity index (χ2n) is 3.85. The molecule has 0 spiro atoms. The number of amides is 1. The first-order valence-electron chi connectivity index (χ1n) is 4.35. The molecule has 1 rings (SSSR count). The van der Waals surface area contributed by atoms with Gasteiger partial charge in [-0.05, 0) is 25.2 Å². The molecule has 0 bridgehead atoms. The molecule has 1 N–H and O–H groups in total. The zero-order valence-electron chi connectivity index (χ0n) is 7.61. The number of carbonyl (C=O) groups excluding carboxylic acids is 1. The maximum atomic E-state index is 10.8. The van der Waals surface area contributed by atoms with Crippen LogP contribution in [0, 0.1) is 5.92 Å². The summed E-state index contributed by atoms with van der Waals surface area (Å²) >= 11 is 0. The van der Waals surface area contributed by atoms with Crippen molar-refractivity contribution >= 4 is 5.91 Å². The summed E-state index contributed by atoms with van der Waals surface area (Å²) in [6, 6.07) is 0. The Morgan fingerprint density at radius 3 is 2.09 bits per heavy atom. The fourth-order valence-corrected chi connectivity index (χ4v) is 1.75. The fourth-order valence-electron chi connectivity index (χ4n) is 1.75. The lowest BCUT2D eigenvalue weighted by molar-refractivity contribution is -0.122. The number of hydrogen-bond acceptors (Lipinski definition) is 1. The zero-order valence-corrected chi connectivity index (χ0v) is 7.61. The van der Waals surface area contributed by atoms with Crippen LogP contribution < -0.4 is 5.32 Å². The lowest BCUT2D eigenvalue weighted by atomic mass is 9.69. The zero-order chi connectivity index (χ0) is 8.48. The van der Waals surface area contributed by atoms with Crippen LogP contribution in [-0.2, 0) is 4.79 Å². The molecule has 1 saturated carbocycles. The Morgan fingerprint density at radius 1 is 1.45 bits per heavy atom. The van der Waals surface area contributed by atoms with Gasteiger partial charge in [-0.15, -0.1) is 0 Å². The number of nitrogens with one attached hydrogen (secondary N) is 1. The number of rotatable bonds is 2. The quantitative estimate of drug-likeness (QED) is 0.646. The van der Waals surface area contributed by atoms with Gasteiger partial charge in [-0.1, -0.05) is 13.8 Å². The molecule has 1 aliphatic rings. The van der Waals surface area contributed by atoms with E-state index in [4.69, 9.17) is 0 Å². The molecule has 0 saturated heterocycles. The van der Waals surface area contributed by atoms with Crippen LogP contribution in [0.25, 0.3) is 0 Å². The molecule has 11 heavy (non-hydrogen) atoms. The predicted octanol–water partition coefficient (Wildman–Crippen LogP) is 1.70. The molecule has 2 nitrogen and oxygen atoms in total. The molecule has 0 radical (unpaired) electrons. The highest BCUT2D eigenvalue weighted by molar-refractivity contribution is 5.74. The average molecular weight is 155 g/mol. The molecule has 0 atom stereocenters. The van der Waals surface area contributed by atoms with Gasteiger partial charge in [-0.3, -0.25) is 4.79 Å². The molecule has 1 fully saturated rings. The molecular weight excluding hydrogens is 138 g/mol. The summed E-state index contributed by atoms with van der Waals surface area (Å²) in [7, 11) is 0. The molecule has 0 unspecified atom stereocenters. The van der Waals surface area contributed by atoms with Crippen molar-refractivity contribution in [2.45, 2.75) is 45.6 Å². The highest BCUT2D eigenvalue weighted by Gasteiger charge is 2.40. The third-order valence-electron chi connectivity index (χ3n) is 2.78. The first-order chi connectivity index (χ1) is 5.07. The topological polar surface area (TPSA) is 29.1 Å². The summed E-state index contributed by atoms with van der Waals surface area (Å²) in [6.07, 6.45) is 3.58. The van der Waals surface area contributed by atoms with Crippen molar-refractivity contribution in [3.63, 3.8) is 0 Å². The molecule has 1 amide bonds. The van der Waals surface area contributed by atoms with E-state index in [-0.39, 0.29) is 11.4 Å². The van der Waals surface area contributed by atoms with Crippen molar-refractivity contribution in [2.75, 3.05) is 0 Å². The highest BCUT2D eigenvalue weighted by atomic mass is 16.1. The van der Waals surface area contributed by atoms with Crippen molar-refractivity contribution < 1.29 is 4.79 Å². The predicted molar refractivity (Wildman–Crippen MR) is 45.2 cm³/mol. The molecule has 2 heteroatoms. The summed E-state index contributed by atoms with van der Waals surface area (Å²) in [5, 5.41) is 3.05. The minimum Gasteiger partial charge on any atom is -0.351 e. The van der Waals surface area contributed by atoms with Crippen LogP contribution in [0.3, 0.4) is 0 Å². The molecule has 0 aliphatic heterocycles. The van der Waals surface area contributed by atoms with E-state index in [1.54, 1.807) is 6.92 Å². The normalized spacial score (nSPS) is 21.1. The van der Waals surface area contributed by atoms with Crippen LogP contribution in [0.1, 0.15) is 40.0 Å². The lowest BCUT2D eigenvalue weighted by Crippen LogP contribution is -2.56. The Morgan fingerprint density at radius 2 is 2.00 bits per heavy atom.